The smallest absolute Gasteiger partial charge is 0.270 e. The van der Waals surface area contributed by atoms with Crippen molar-refractivity contribution in [1.29, 1.82) is 0 Å². The Morgan fingerprint density at radius 1 is 1.19 bits per heavy atom. The van der Waals surface area contributed by atoms with Crippen LogP contribution < -0.4 is 0 Å². The van der Waals surface area contributed by atoms with Gasteiger partial charge in [-0.1, -0.05) is 19.1 Å². The molecule has 1 fully saturated rings. The number of amides is 1. The van der Waals surface area contributed by atoms with E-state index in [0.29, 0.717) is 0 Å². The van der Waals surface area contributed by atoms with Gasteiger partial charge in [-0.15, -0.1) is 0 Å². The van der Waals surface area contributed by atoms with Crippen molar-refractivity contribution in [1.82, 2.24) is 14.4 Å². The molecule has 4 heteroatoms. The minimum absolute atomic E-state index is 0.156. The molecule has 21 heavy (non-hydrogen) atoms. The van der Waals surface area contributed by atoms with Crippen LogP contribution >= 0.6 is 0 Å². The Labute approximate surface area is 125 Å². The fourth-order valence-electron chi connectivity index (χ4n) is 3.14. The van der Waals surface area contributed by atoms with Gasteiger partial charge in [0.05, 0.1) is 0 Å². The van der Waals surface area contributed by atoms with Crippen molar-refractivity contribution in [2.75, 3.05) is 32.7 Å². The van der Waals surface area contributed by atoms with Crippen molar-refractivity contribution in [3.8, 4) is 0 Å². The zero-order chi connectivity index (χ0) is 15.0. The summed E-state index contributed by atoms with van der Waals surface area (Å²) >= 11 is 0. The van der Waals surface area contributed by atoms with E-state index in [0.717, 1.165) is 43.9 Å². The Morgan fingerprint density at radius 2 is 1.90 bits per heavy atom. The number of rotatable bonds is 2. The van der Waals surface area contributed by atoms with Crippen LogP contribution in [0.15, 0.2) is 24.3 Å². The number of carbonyl (C=O) groups is 1. The van der Waals surface area contributed by atoms with Crippen LogP contribution in [0.3, 0.4) is 0 Å². The number of aryl methyl sites for hydroxylation is 2. The van der Waals surface area contributed by atoms with E-state index in [1.165, 1.54) is 10.9 Å². The Morgan fingerprint density at radius 3 is 2.52 bits per heavy atom. The van der Waals surface area contributed by atoms with Gasteiger partial charge in [0, 0.05) is 44.1 Å². The molecule has 2 aromatic rings. The number of benzene rings is 1. The van der Waals surface area contributed by atoms with Crippen molar-refractivity contribution >= 4 is 16.8 Å². The average Bonchev–Trinajstić information content (AvgIpc) is 2.85. The molecule has 1 aliphatic heterocycles. The SMILES string of the molecule is CCN1CCN(C(=O)c2cc3c(C)cccc3n2C)CC1. The lowest BCUT2D eigenvalue weighted by atomic mass is 10.1. The maximum absolute atomic E-state index is 12.8. The summed E-state index contributed by atoms with van der Waals surface area (Å²) in [5.41, 5.74) is 3.15. The van der Waals surface area contributed by atoms with E-state index in [1.54, 1.807) is 0 Å². The summed E-state index contributed by atoms with van der Waals surface area (Å²) in [6, 6.07) is 8.26. The van der Waals surface area contributed by atoms with E-state index >= 15 is 0 Å². The number of fused-ring (bicyclic) bond motifs is 1. The summed E-state index contributed by atoms with van der Waals surface area (Å²) in [6.07, 6.45) is 0. The minimum Gasteiger partial charge on any atom is -0.340 e. The average molecular weight is 285 g/mol. The molecule has 1 aliphatic rings. The second-order valence-electron chi connectivity index (χ2n) is 5.82. The molecule has 0 saturated carbocycles. The third-order valence-electron chi connectivity index (χ3n) is 4.63. The molecule has 1 aromatic heterocycles. The lowest BCUT2D eigenvalue weighted by molar-refractivity contribution is 0.0634. The number of hydrogen-bond donors (Lipinski definition) is 0. The van der Waals surface area contributed by atoms with E-state index < -0.39 is 0 Å². The Bertz CT molecular complexity index is 666. The van der Waals surface area contributed by atoms with Gasteiger partial charge in [0.25, 0.3) is 5.91 Å². The maximum atomic E-state index is 12.8. The monoisotopic (exact) mass is 285 g/mol. The quantitative estimate of drug-likeness (QED) is 0.847. The highest BCUT2D eigenvalue weighted by Gasteiger charge is 2.24. The topological polar surface area (TPSA) is 28.5 Å². The van der Waals surface area contributed by atoms with Gasteiger partial charge in [-0.3, -0.25) is 4.79 Å². The third kappa shape index (κ3) is 2.44. The summed E-state index contributed by atoms with van der Waals surface area (Å²) in [6.45, 7) is 8.94. The first-order valence-electron chi connectivity index (χ1n) is 7.68. The van der Waals surface area contributed by atoms with E-state index in [4.69, 9.17) is 0 Å². The number of nitrogens with zero attached hydrogens (tertiary/aromatic N) is 3. The zero-order valence-corrected chi connectivity index (χ0v) is 13.1. The Balaban J connectivity index is 1.89. The molecular formula is C17H23N3O. The van der Waals surface area contributed by atoms with E-state index in [9.17, 15) is 4.79 Å². The van der Waals surface area contributed by atoms with E-state index in [1.807, 2.05) is 28.6 Å². The zero-order valence-electron chi connectivity index (χ0n) is 13.1. The van der Waals surface area contributed by atoms with Gasteiger partial charge >= 0.3 is 0 Å². The predicted molar refractivity (Wildman–Crippen MR) is 85.7 cm³/mol. The Hall–Kier alpha value is -1.81. The second-order valence-corrected chi connectivity index (χ2v) is 5.82. The lowest BCUT2D eigenvalue weighted by Gasteiger charge is -2.34. The molecule has 0 N–H and O–H groups in total. The molecule has 2 heterocycles. The van der Waals surface area contributed by atoms with Crippen LogP contribution in [-0.4, -0.2) is 53.0 Å². The van der Waals surface area contributed by atoms with Crippen LogP contribution in [-0.2, 0) is 7.05 Å². The van der Waals surface area contributed by atoms with Gasteiger partial charge in [0.2, 0.25) is 0 Å². The predicted octanol–water partition coefficient (Wildman–Crippen LogP) is 2.26. The highest BCUT2D eigenvalue weighted by molar-refractivity contribution is 5.99. The summed E-state index contributed by atoms with van der Waals surface area (Å²) in [7, 11) is 1.98. The van der Waals surface area contributed by atoms with Crippen LogP contribution in [0, 0.1) is 6.92 Å². The molecule has 0 atom stereocenters. The molecule has 1 amide bonds. The van der Waals surface area contributed by atoms with Gasteiger partial charge in [-0.25, -0.2) is 0 Å². The number of likely N-dealkylation sites (N-methyl/N-ethyl adjacent to an activating group) is 1. The number of aromatic nitrogens is 1. The van der Waals surface area contributed by atoms with Gasteiger partial charge in [0.1, 0.15) is 5.69 Å². The number of piperazine rings is 1. The molecule has 0 spiro atoms. The fraction of sp³-hybridized carbons (Fsp3) is 0.471. The highest BCUT2D eigenvalue weighted by atomic mass is 16.2. The van der Waals surface area contributed by atoms with Crippen molar-refractivity contribution in [3.05, 3.63) is 35.5 Å². The van der Waals surface area contributed by atoms with Crippen LogP contribution in [0.25, 0.3) is 10.9 Å². The fourth-order valence-corrected chi connectivity index (χ4v) is 3.14. The second kappa shape index (κ2) is 5.53. The van der Waals surface area contributed by atoms with Crippen molar-refractivity contribution < 1.29 is 4.79 Å². The van der Waals surface area contributed by atoms with Crippen LogP contribution in [0.2, 0.25) is 0 Å². The first-order valence-corrected chi connectivity index (χ1v) is 7.68. The van der Waals surface area contributed by atoms with Crippen LogP contribution in [0.5, 0.6) is 0 Å². The summed E-state index contributed by atoms with van der Waals surface area (Å²) < 4.78 is 2.02. The molecule has 0 unspecified atom stereocenters. The largest absolute Gasteiger partial charge is 0.340 e. The number of carbonyl (C=O) groups excluding carboxylic acids is 1. The first-order chi connectivity index (χ1) is 10.1. The standard InChI is InChI=1S/C17H23N3O/c1-4-19-8-10-20(11-9-19)17(21)16-12-14-13(2)6-5-7-15(14)18(16)3/h5-7,12H,4,8-11H2,1-3H3. The summed E-state index contributed by atoms with van der Waals surface area (Å²) in [5, 5.41) is 1.18. The summed E-state index contributed by atoms with van der Waals surface area (Å²) in [4.78, 5) is 17.1. The molecule has 1 saturated heterocycles. The Kier molecular flexibility index (Phi) is 3.72. The highest BCUT2D eigenvalue weighted by Crippen LogP contribution is 2.23. The normalized spacial score (nSPS) is 16.6. The van der Waals surface area contributed by atoms with Gasteiger partial charge in [-0.05, 0) is 31.2 Å². The maximum Gasteiger partial charge on any atom is 0.270 e. The van der Waals surface area contributed by atoms with Crippen LogP contribution in [0.4, 0.5) is 0 Å². The summed E-state index contributed by atoms with van der Waals surface area (Å²) in [5.74, 6) is 0.156. The molecule has 112 valence electrons. The van der Waals surface area contributed by atoms with Gasteiger partial charge < -0.3 is 14.4 Å². The molecule has 1 aromatic carbocycles. The molecule has 4 nitrogen and oxygen atoms in total. The van der Waals surface area contributed by atoms with Gasteiger partial charge in [0.15, 0.2) is 0 Å². The molecule has 3 rings (SSSR count). The molecule has 0 bridgehead atoms. The van der Waals surface area contributed by atoms with Crippen molar-refractivity contribution in [3.63, 3.8) is 0 Å². The van der Waals surface area contributed by atoms with Crippen LogP contribution in [0.1, 0.15) is 23.0 Å². The minimum atomic E-state index is 0.156. The third-order valence-corrected chi connectivity index (χ3v) is 4.63. The molecule has 0 radical (unpaired) electrons. The molecular weight excluding hydrogens is 262 g/mol. The van der Waals surface area contributed by atoms with E-state index in [2.05, 4.69) is 30.9 Å². The van der Waals surface area contributed by atoms with Crippen molar-refractivity contribution in [2.24, 2.45) is 7.05 Å². The van der Waals surface area contributed by atoms with Gasteiger partial charge in [-0.2, -0.15) is 0 Å². The van der Waals surface area contributed by atoms with Crippen molar-refractivity contribution in [2.45, 2.75) is 13.8 Å². The number of hydrogen-bond acceptors (Lipinski definition) is 2. The first kappa shape index (κ1) is 14.1. The lowest BCUT2D eigenvalue weighted by Crippen LogP contribution is -2.48. The van der Waals surface area contributed by atoms with E-state index in [-0.39, 0.29) is 5.91 Å². The molecule has 0 aliphatic carbocycles.